The molecule has 0 aliphatic heterocycles. The Morgan fingerprint density at radius 3 is 1.52 bits per heavy atom. The third-order valence-corrected chi connectivity index (χ3v) is 8.00. The minimum Gasteiger partial charge on any atom is -0.465 e. The number of halogens is 2. The SMILES string of the molecule is C.C.CCCCOc1nc(N)c([N+](=O)[O-])c(N(CCCN)CC(=O)OCC)n1.CCCCOc1nc(N)c([N+](=O)[O-])c(N(CCCNCc2ccccc2)CC(=O)OCC)n1.FP.OF. The summed E-state index contributed by atoms with van der Waals surface area (Å²) in [4.78, 5) is 64.9. The molecule has 370 valence electrons. The number of hydrogen-bond donors (Lipinski definition) is 5. The first-order valence-corrected chi connectivity index (χ1v) is 20.4. The first kappa shape index (κ1) is 63.4. The molecular formula is C39H69F2N12O11P. The van der Waals surface area contributed by atoms with Crippen molar-refractivity contribution in [3.05, 3.63) is 56.1 Å². The van der Waals surface area contributed by atoms with Gasteiger partial charge < -0.3 is 51.3 Å². The number of nitrogen functional groups attached to an aromatic ring is 2. The number of aromatic nitrogens is 4. The molecule has 0 bridgehead atoms. The van der Waals surface area contributed by atoms with Crippen molar-refractivity contribution in [3.8, 4) is 12.0 Å². The molecule has 0 amide bonds. The van der Waals surface area contributed by atoms with Gasteiger partial charge in [0.15, 0.2) is 0 Å². The number of nitro groups is 2. The maximum Gasteiger partial charge on any atom is 0.353 e. The lowest BCUT2D eigenvalue weighted by Gasteiger charge is -2.23. The van der Waals surface area contributed by atoms with Crippen molar-refractivity contribution in [3.63, 3.8) is 0 Å². The molecular weight excluding hydrogens is 881 g/mol. The molecule has 65 heavy (non-hydrogen) atoms. The zero-order valence-electron chi connectivity index (χ0n) is 36.1. The first-order valence-electron chi connectivity index (χ1n) is 19.9. The number of carbonyl (C=O) groups is 2. The fraction of sp³-hybridized carbons (Fsp3) is 0.590. The molecule has 2 aromatic heterocycles. The van der Waals surface area contributed by atoms with Crippen LogP contribution in [0.25, 0.3) is 0 Å². The van der Waals surface area contributed by atoms with Crippen molar-refractivity contribution < 1.29 is 52.4 Å². The van der Waals surface area contributed by atoms with Gasteiger partial charge in [0.25, 0.3) is 0 Å². The third-order valence-electron chi connectivity index (χ3n) is 8.00. The second kappa shape index (κ2) is 38.5. The van der Waals surface area contributed by atoms with Crippen molar-refractivity contribution in [1.29, 1.82) is 0 Å². The van der Waals surface area contributed by atoms with Crippen molar-refractivity contribution in [2.75, 3.05) is 87.0 Å². The molecule has 1 atom stereocenters. The van der Waals surface area contributed by atoms with Crippen LogP contribution in [0.15, 0.2) is 30.3 Å². The van der Waals surface area contributed by atoms with E-state index in [1.807, 2.05) is 44.2 Å². The van der Waals surface area contributed by atoms with Crippen molar-refractivity contribution in [2.45, 2.75) is 87.6 Å². The quantitative estimate of drug-likeness (QED) is 0.0209. The lowest BCUT2D eigenvalue weighted by atomic mass is 10.2. The number of nitrogens with one attached hydrogen (secondary N) is 1. The third kappa shape index (κ3) is 24.7. The van der Waals surface area contributed by atoms with E-state index in [9.17, 15) is 34.0 Å². The average Bonchev–Trinajstić information content (AvgIpc) is 3.26. The van der Waals surface area contributed by atoms with Crippen LogP contribution in [0.1, 0.15) is 86.6 Å². The fourth-order valence-electron chi connectivity index (χ4n) is 5.16. The number of carbonyl (C=O) groups excluding carboxylic acids is 2. The molecule has 0 aliphatic rings. The van der Waals surface area contributed by atoms with E-state index in [0.717, 1.165) is 40.8 Å². The molecule has 2 heterocycles. The Morgan fingerprint density at radius 2 is 1.15 bits per heavy atom. The first-order chi connectivity index (χ1) is 30.4. The Hall–Kier alpha value is -5.91. The summed E-state index contributed by atoms with van der Waals surface area (Å²) < 4.78 is 38.8. The summed E-state index contributed by atoms with van der Waals surface area (Å²) in [6, 6.07) is 9.81. The van der Waals surface area contributed by atoms with Gasteiger partial charge >= 0.3 is 35.3 Å². The van der Waals surface area contributed by atoms with Crippen LogP contribution in [0, 0.1) is 20.2 Å². The number of ether oxygens (including phenoxy) is 4. The molecule has 0 saturated heterocycles. The highest BCUT2D eigenvalue weighted by Crippen LogP contribution is 2.34. The maximum atomic E-state index is 12.2. The van der Waals surface area contributed by atoms with Gasteiger partial charge in [-0.2, -0.15) is 19.9 Å². The van der Waals surface area contributed by atoms with Gasteiger partial charge in [-0.05, 0) is 58.2 Å². The maximum absolute atomic E-state index is 12.2. The number of rotatable bonds is 27. The molecule has 0 radical (unpaired) electrons. The number of hydrogen-bond acceptors (Lipinski definition) is 21. The summed E-state index contributed by atoms with van der Waals surface area (Å²) in [7, 11) is 0.917. The van der Waals surface area contributed by atoms with Crippen LogP contribution in [0.3, 0.4) is 0 Å². The number of esters is 2. The molecule has 0 spiro atoms. The number of unbranched alkanes of at least 4 members (excludes halogenated alkanes) is 2. The van der Waals surface area contributed by atoms with Crippen LogP contribution in [0.2, 0.25) is 0 Å². The smallest absolute Gasteiger partial charge is 0.353 e. The fourth-order valence-corrected chi connectivity index (χ4v) is 5.16. The zero-order valence-corrected chi connectivity index (χ0v) is 37.2. The Labute approximate surface area is 381 Å². The van der Waals surface area contributed by atoms with Crippen molar-refractivity contribution >= 4 is 56.1 Å². The number of nitrogens with two attached hydrogens (primary N) is 3. The van der Waals surface area contributed by atoms with Gasteiger partial charge in [-0.1, -0.05) is 76.4 Å². The molecule has 1 aromatic carbocycles. The molecule has 1 unspecified atom stereocenters. The summed E-state index contributed by atoms with van der Waals surface area (Å²) in [5.74, 6) is -1.84. The van der Waals surface area contributed by atoms with Crippen molar-refractivity contribution in [1.82, 2.24) is 25.3 Å². The van der Waals surface area contributed by atoms with Crippen LogP contribution >= 0.6 is 9.55 Å². The van der Waals surface area contributed by atoms with E-state index in [-0.39, 0.29) is 83.0 Å². The molecule has 26 heteroatoms. The van der Waals surface area contributed by atoms with E-state index in [0.29, 0.717) is 52.2 Å². The summed E-state index contributed by atoms with van der Waals surface area (Å²) in [6.07, 6.45) is 4.44. The molecule has 0 saturated carbocycles. The molecule has 3 aromatic rings. The standard InChI is InChI=1S/C22H32N6O5.C15H26N6O5.2CH4.FHO.FH2P/c1-3-5-14-33-22-25-20(23)19(28(30)31)21(26-22)27(16-18(29)32-4-2)13-9-12-24-15-17-10-7-6-8-11-17;1-3-5-9-26-15-18-13(17)12(21(23)24)14(19-15)20(8-6-7-16)10-11(22)25-4-2;;;2*1-2/h6-8,10-11,24H,3-5,9,12-16H2,1-2H3,(H2,23,25,26);3-10,16H2,1-2H3,(H2,17,18,19);2*1H4;2H;2H2. The van der Waals surface area contributed by atoms with Crippen LogP contribution < -0.4 is 41.8 Å². The van der Waals surface area contributed by atoms with E-state index in [1.165, 1.54) is 9.80 Å². The highest BCUT2D eigenvalue weighted by molar-refractivity contribution is 7.09. The van der Waals surface area contributed by atoms with Gasteiger partial charge in [0.2, 0.25) is 23.3 Å². The van der Waals surface area contributed by atoms with Gasteiger partial charge in [-0.15, -0.1) is 0 Å². The lowest BCUT2D eigenvalue weighted by Crippen LogP contribution is -2.35. The molecule has 3 rings (SSSR count). The van der Waals surface area contributed by atoms with Crippen LogP contribution in [-0.4, -0.2) is 113 Å². The normalized spacial score (nSPS) is 9.74. The number of benzene rings is 1. The topological polar surface area (TPSA) is 326 Å². The second-order valence-electron chi connectivity index (χ2n) is 12.7. The second-order valence-corrected chi connectivity index (χ2v) is 12.7. The van der Waals surface area contributed by atoms with Gasteiger partial charge in [0, 0.05) is 19.6 Å². The van der Waals surface area contributed by atoms with E-state index in [1.54, 1.807) is 13.8 Å². The van der Waals surface area contributed by atoms with E-state index < -0.39 is 33.2 Å². The van der Waals surface area contributed by atoms with E-state index in [4.69, 9.17) is 46.0 Å². The van der Waals surface area contributed by atoms with Crippen LogP contribution in [0.5, 0.6) is 12.0 Å². The van der Waals surface area contributed by atoms with Crippen LogP contribution in [0.4, 0.5) is 43.4 Å². The predicted octanol–water partition coefficient (Wildman–Crippen LogP) is 5.44. The minimum atomic E-state index is -0.679. The molecule has 0 fully saturated rings. The number of nitrogens with zero attached hydrogens (tertiary/aromatic N) is 8. The lowest BCUT2D eigenvalue weighted by molar-refractivity contribution is -0.383. The Kier molecular flexibility index (Phi) is 37.6. The summed E-state index contributed by atoms with van der Waals surface area (Å²) in [6.45, 7) is 10.3. The monoisotopic (exact) mass is 950 g/mol. The summed E-state index contributed by atoms with van der Waals surface area (Å²) in [5.41, 5.74) is 17.3. The summed E-state index contributed by atoms with van der Waals surface area (Å²) in [5, 5.41) is 32.0. The van der Waals surface area contributed by atoms with Crippen LogP contribution in [-0.2, 0) is 25.6 Å². The highest BCUT2D eigenvalue weighted by Gasteiger charge is 2.31. The Bertz CT molecular complexity index is 1780. The largest absolute Gasteiger partial charge is 0.465 e. The van der Waals surface area contributed by atoms with Gasteiger partial charge in [-0.25, -0.2) is 9.51 Å². The number of anilines is 4. The average molecular weight is 951 g/mol. The predicted molar refractivity (Wildman–Crippen MR) is 249 cm³/mol. The van der Waals surface area contributed by atoms with Gasteiger partial charge in [-0.3, -0.25) is 29.8 Å². The van der Waals surface area contributed by atoms with Crippen molar-refractivity contribution in [2.24, 2.45) is 5.73 Å². The minimum absolute atomic E-state index is 0. The summed E-state index contributed by atoms with van der Waals surface area (Å²) >= 11 is 0. The zero-order chi connectivity index (χ0) is 47.6. The van der Waals surface area contributed by atoms with Gasteiger partial charge in [0.05, 0.1) is 45.8 Å². The highest BCUT2D eigenvalue weighted by atomic mass is 31.1. The van der Waals surface area contributed by atoms with E-state index >= 15 is 0 Å². The Morgan fingerprint density at radius 1 is 0.738 bits per heavy atom. The molecule has 0 aliphatic carbocycles. The van der Waals surface area contributed by atoms with Gasteiger partial charge in [0.1, 0.15) is 13.1 Å². The Balaban J connectivity index is -0.00000109. The van der Waals surface area contributed by atoms with E-state index in [2.05, 4.69) is 25.3 Å². The molecule has 8 N–H and O–H groups in total. The molecule has 23 nitrogen and oxygen atoms in total.